The van der Waals surface area contributed by atoms with Crippen LogP contribution in [0.5, 0.6) is 0 Å². The van der Waals surface area contributed by atoms with Gasteiger partial charge in [-0.3, -0.25) is 0 Å². The molecule has 3 aromatic rings. The first kappa shape index (κ1) is 24.7. The minimum Gasteiger partial charge on any atom is -0.361 e. The lowest BCUT2D eigenvalue weighted by Gasteiger charge is -2.36. The standard InChI is InChI=1S/C29H33NO3/c1-31-24-32-28(21-13-22-30)20-11-12-23-33-29(25-14-5-2-6-15-25,26-16-7-3-8-17-26)27-18-9-4-10-19-27/h2-10,14-19,28H,11-13,20-21,23-24H2,1H3/t28-/m1/s1. The Bertz CT molecular complexity index is 858. The number of hydrogen-bond acceptors (Lipinski definition) is 4. The van der Waals surface area contributed by atoms with Crippen molar-refractivity contribution in [3.05, 3.63) is 108 Å². The van der Waals surface area contributed by atoms with Gasteiger partial charge in [-0.15, -0.1) is 0 Å². The summed E-state index contributed by atoms with van der Waals surface area (Å²) in [5.74, 6) is 0. The molecule has 0 radical (unpaired) electrons. The Morgan fingerprint density at radius 2 is 1.27 bits per heavy atom. The zero-order valence-electron chi connectivity index (χ0n) is 19.4. The average molecular weight is 444 g/mol. The maximum absolute atomic E-state index is 8.91. The van der Waals surface area contributed by atoms with Crippen LogP contribution in [0.15, 0.2) is 91.0 Å². The first-order chi connectivity index (χ1) is 16.3. The molecule has 33 heavy (non-hydrogen) atoms. The van der Waals surface area contributed by atoms with E-state index in [9.17, 15) is 0 Å². The van der Waals surface area contributed by atoms with Gasteiger partial charge in [0.2, 0.25) is 0 Å². The molecule has 0 spiro atoms. The number of nitrogens with zero attached hydrogens (tertiary/aromatic N) is 1. The van der Waals surface area contributed by atoms with Crippen LogP contribution in [0.3, 0.4) is 0 Å². The second kappa shape index (κ2) is 13.5. The number of ether oxygens (including phenoxy) is 3. The lowest BCUT2D eigenvalue weighted by molar-refractivity contribution is -0.0773. The van der Waals surface area contributed by atoms with Crippen LogP contribution in [0.2, 0.25) is 0 Å². The predicted molar refractivity (Wildman–Crippen MR) is 131 cm³/mol. The Balaban J connectivity index is 1.78. The quantitative estimate of drug-likeness (QED) is 0.163. The van der Waals surface area contributed by atoms with Crippen LogP contribution in [0.1, 0.15) is 48.8 Å². The third-order valence-electron chi connectivity index (χ3n) is 5.78. The molecule has 0 aromatic heterocycles. The van der Waals surface area contributed by atoms with Crippen molar-refractivity contribution in [3.8, 4) is 6.07 Å². The minimum absolute atomic E-state index is 0.0340. The molecule has 3 aromatic carbocycles. The third kappa shape index (κ3) is 6.76. The van der Waals surface area contributed by atoms with E-state index < -0.39 is 5.60 Å². The Kier molecular flexibility index (Phi) is 10.1. The first-order valence-corrected chi connectivity index (χ1v) is 11.6. The van der Waals surface area contributed by atoms with Gasteiger partial charge in [0.15, 0.2) is 0 Å². The monoisotopic (exact) mass is 443 g/mol. The van der Waals surface area contributed by atoms with Crippen molar-refractivity contribution in [1.82, 2.24) is 0 Å². The summed E-state index contributed by atoms with van der Waals surface area (Å²) in [4.78, 5) is 0. The van der Waals surface area contributed by atoms with E-state index in [1.165, 1.54) is 0 Å². The van der Waals surface area contributed by atoms with E-state index in [-0.39, 0.29) is 12.9 Å². The fourth-order valence-corrected chi connectivity index (χ4v) is 4.17. The van der Waals surface area contributed by atoms with Gasteiger partial charge >= 0.3 is 0 Å². The van der Waals surface area contributed by atoms with Gasteiger partial charge in [0.1, 0.15) is 12.4 Å². The second-order valence-electron chi connectivity index (χ2n) is 8.02. The number of rotatable bonds is 14. The summed E-state index contributed by atoms with van der Waals surface area (Å²) >= 11 is 0. The maximum Gasteiger partial charge on any atom is 0.146 e. The lowest BCUT2D eigenvalue weighted by atomic mass is 9.80. The number of benzene rings is 3. The van der Waals surface area contributed by atoms with Crippen molar-refractivity contribution in [3.63, 3.8) is 0 Å². The Morgan fingerprint density at radius 1 is 0.758 bits per heavy atom. The minimum atomic E-state index is -0.684. The number of unbranched alkanes of at least 4 members (excludes halogenated alkanes) is 1. The van der Waals surface area contributed by atoms with Crippen LogP contribution >= 0.6 is 0 Å². The molecule has 0 aliphatic heterocycles. The van der Waals surface area contributed by atoms with Crippen LogP contribution in [-0.2, 0) is 19.8 Å². The Morgan fingerprint density at radius 3 is 1.73 bits per heavy atom. The zero-order chi connectivity index (χ0) is 23.2. The van der Waals surface area contributed by atoms with Crippen molar-refractivity contribution in [2.24, 2.45) is 0 Å². The lowest BCUT2D eigenvalue weighted by Crippen LogP contribution is -2.33. The molecule has 0 amide bonds. The summed E-state index contributed by atoms with van der Waals surface area (Å²) in [5.41, 5.74) is 2.64. The molecular weight excluding hydrogens is 410 g/mol. The van der Waals surface area contributed by atoms with E-state index in [0.29, 0.717) is 13.0 Å². The summed E-state index contributed by atoms with van der Waals surface area (Å²) in [7, 11) is 1.62. The average Bonchev–Trinajstić information content (AvgIpc) is 2.89. The van der Waals surface area contributed by atoms with Gasteiger partial charge in [-0.2, -0.15) is 5.26 Å². The van der Waals surface area contributed by atoms with Crippen LogP contribution in [0, 0.1) is 11.3 Å². The molecule has 0 saturated heterocycles. The highest BCUT2D eigenvalue weighted by Crippen LogP contribution is 2.40. The van der Waals surface area contributed by atoms with E-state index in [1.807, 2.05) is 18.2 Å². The second-order valence-corrected chi connectivity index (χ2v) is 8.02. The maximum atomic E-state index is 8.91. The molecule has 4 heteroatoms. The Labute approximate surface area is 197 Å². The number of methoxy groups -OCH3 is 1. The van der Waals surface area contributed by atoms with Gasteiger partial charge in [-0.1, -0.05) is 91.0 Å². The van der Waals surface area contributed by atoms with Crippen molar-refractivity contribution >= 4 is 0 Å². The fraction of sp³-hybridized carbons (Fsp3) is 0.345. The molecule has 0 heterocycles. The van der Waals surface area contributed by atoms with Gasteiger partial charge in [0.05, 0.1) is 12.2 Å². The molecule has 4 nitrogen and oxygen atoms in total. The molecule has 0 aliphatic rings. The molecule has 0 unspecified atom stereocenters. The number of nitriles is 1. The van der Waals surface area contributed by atoms with Gasteiger partial charge in [-0.05, 0) is 42.4 Å². The predicted octanol–water partition coefficient (Wildman–Crippen LogP) is 6.46. The molecule has 0 N–H and O–H groups in total. The van der Waals surface area contributed by atoms with Gasteiger partial charge < -0.3 is 14.2 Å². The van der Waals surface area contributed by atoms with Crippen LogP contribution < -0.4 is 0 Å². The SMILES string of the molecule is COCO[C@@H](CCC#N)CCCCOC(c1ccccc1)(c1ccccc1)c1ccccc1. The summed E-state index contributed by atoms with van der Waals surface area (Å²) in [6.45, 7) is 0.861. The molecule has 1 atom stereocenters. The molecule has 172 valence electrons. The summed E-state index contributed by atoms with van der Waals surface area (Å²) in [6.07, 6.45) is 3.98. The summed E-state index contributed by atoms with van der Waals surface area (Å²) in [6, 6.07) is 33.5. The molecular formula is C29H33NO3. The molecule has 0 aliphatic carbocycles. The summed E-state index contributed by atoms with van der Waals surface area (Å²) < 4.78 is 17.6. The van der Waals surface area contributed by atoms with E-state index in [2.05, 4.69) is 78.9 Å². The van der Waals surface area contributed by atoms with Crippen LogP contribution in [0.25, 0.3) is 0 Å². The number of hydrogen-bond donors (Lipinski definition) is 0. The first-order valence-electron chi connectivity index (χ1n) is 11.6. The van der Waals surface area contributed by atoms with E-state index in [1.54, 1.807) is 7.11 Å². The van der Waals surface area contributed by atoms with Crippen molar-refractivity contribution in [2.75, 3.05) is 20.5 Å². The Hall–Kier alpha value is -2.97. The van der Waals surface area contributed by atoms with Crippen LogP contribution in [0.4, 0.5) is 0 Å². The van der Waals surface area contributed by atoms with Gasteiger partial charge in [0.25, 0.3) is 0 Å². The van der Waals surface area contributed by atoms with Gasteiger partial charge in [-0.25, -0.2) is 0 Å². The molecule has 3 rings (SSSR count). The van der Waals surface area contributed by atoms with Crippen molar-refractivity contribution in [1.29, 1.82) is 5.26 Å². The summed E-state index contributed by atoms with van der Waals surface area (Å²) in [5, 5.41) is 8.91. The van der Waals surface area contributed by atoms with E-state index in [4.69, 9.17) is 19.5 Å². The highest BCUT2D eigenvalue weighted by molar-refractivity contribution is 5.47. The largest absolute Gasteiger partial charge is 0.361 e. The van der Waals surface area contributed by atoms with E-state index in [0.717, 1.165) is 42.4 Å². The molecule has 0 saturated carbocycles. The van der Waals surface area contributed by atoms with Crippen LogP contribution in [-0.4, -0.2) is 26.6 Å². The van der Waals surface area contributed by atoms with Gasteiger partial charge in [0, 0.05) is 20.1 Å². The van der Waals surface area contributed by atoms with Crippen molar-refractivity contribution < 1.29 is 14.2 Å². The highest BCUT2D eigenvalue weighted by Gasteiger charge is 2.37. The zero-order valence-corrected chi connectivity index (χ0v) is 19.4. The van der Waals surface area contributed by atoms with Crippen molar-refractivity contribution in [2.45, 2.75) is 43.8 Å². The normalized spacial score (nSPS) is 12.2. The van der Waals surface area contributed by atoms with E-state index >= 15 is 0 Å². The third-order valence-corrected chi connectivity index (χ3v) is 5.78. The molecule has 0 fully saturated rings. The molecule has 0 bridgehead atoms. The smallest absolute Gasteiger partial charge is 0.146 e. The highest BCUT2D eigenvalue weighted by atomic mass is 16.7. The fourth-order valence-electron chi connectivity index (χ4n) is 4.17. The topological polar surface area (TPSA) is 51.5 Å².